The SMILES string of the molecule is C=C(CC=CCCCCCCCCCCCC)C(=O)O. The third-order valence-electron chi connectivity index (χ3n) is 3.56. The maximum absolute atomic E-state index is 10.5. The van der Waals surface area contributed by atoms with Gasteiger partial charge in [0.1, 0.15) is 0 Å². The molecule has 0 rings (SSSR count). The second-order valence-electron chi connectivity index (χ2n) is 5.55. The molecule has 0 saturated carbocycles. The summed E-state index contributed by atoms with van der Waals surface area (Å²) in [5.41, 5.74) is 0.268. The highest BCUT2D eigenvalue weighted by Crippen LogP contribution is 2.11. The maximum Gasteiger partial charge on any atom is 0.331 e. The summed E-state index contributed by atoms with van der Waals surface area (Å²) >= 11 is 0. The molecule has 0 aromatic rings. The molecule has 0 aliphatic heterocycles. The summed E-state index contributed by atoms with van der Waals surface area (Å²) in [4.78, 5) is 10.5. The molecule has 0 heterocycles. The Morgan fingerprint density at radius 1 is 0.900 bits per heavy atom. The normalized spacial score (nSPS) is 11.1. The van der Waals surface area contributed by atoms with Crippen LogP contribution in [0.2, 0.25) is 0 Å². The number of carboxylic acids is 1. The predicted molar refractivity (Wildman–Crippen MR) is 87.0 cm³/mol. The largest absolute Gasteiger partial charge is 0.478 e. The Morgan fingerprint density at radius 3 is 1.90 bits per heavy atom. The fraction of sp³-hybridized carbons (Fsp3) is 0.722. The van der Waals surface area contributed by atoms with Crippen LogP contribution in [0.4, 0.5) is 0 Å². The summed E-state index contributed by atoms with van der Waals surface area (Å²) in [7, 11) is 0. The molecule has 0 bridgehead atoms. The third kappa shape index (κ3) is 13.4. The molecule has 0 fully saturated rings. The van der Waals surface area contributed by atoms with Gasteiger partial charge in [-0.15, -0.1) is 0 Å². The molecule has 0 radical (unpaired) electrons. The molecule has 0 aliphatic carbocycles. The van der Waals surface area contributed by atoms with Crippen molar-refractivity contribution in [2.75, 3.05) is 0 Å². The molecule has 0 aromatic heterocycles. The van der Waals surface area contributed by atoms with Crippen molar-refractivity contribution in [2.24, 2.45) is 0 Å². The van der Waals surface area contributed by atoms with Gasteiger partial charge in [0.05, 0.1) is 0 Å². The molecule has 0 spiro atoms. The Morgan fingerprint density at radius 2 is 1.40 bits per heavy atom. The lowest BCUT2D eigenvalue weighted by Crippen LogP contribution is -1.96. The Bertz CT molecular complexity index is 279. The minimum Gasteiger partial charge on any atom is -0.478 e. The van der Waals surface area contributed by atoms with Gasteiger partial charge in [0, 0.05) is 5.57 Å². The minimum absolute atomic E-state index is 0.268. The van der Waals surface area contributed by atoms with Crippen LogP contribution in [0.25, 0.3) is 0 Å². The summed E-state index contributed by atoms with van der Waals surface area (Å²) in [5, 5.41) is 8.64. The quantitative estimate of drug-likeness (QED) is 0.245. The summed E-state index contributed by atoms with van der Waals surface area (Å²) in [6, 6.07) is 0. The topological polar surface area (TPSA) is 37.3 Å². The van der Waals surface area contributed by atoms with E-state index in [-0.39, 0.29) is 5.57 Å². The van der Waals surface area contributed by atoms with Crippen LogP contribution in [0, 0.1) is 0 Å². The fourth-order valence-corrected chi connectivity index (χ4v) is 2.18. The zero-order valence-corrected chi connectivity index (χ0v) is 13.2. The average molecular weight is 280 g/mol. The molecule has 2 nitrogen and oxygen atoms in total. The van der Waals surface area contributed by atoms with Crippen LogP contribution in [0.15, 0.2) is 24.3 Å². The van der Waals surface area contributed by atoms with E-state index in [4.69, 9.17) is 5.11 Å². The molecule has 116 valence electrons. The van der Waals surface area contributed by atoms with E-state index in [0.717, 1.165) is 6.42 Å². The van der Waals surface area contributed by atoms with Crippen molar-refractivity contribution in [1.82, 2.24) is 0 Å². The molecular weight excluding hydrogens is 248 g/mol. The highest BCUT2D eigenvalue weighted by atomic mass is 16.4. The molecule has 0 amide bonds. The highest BCUT2D eigenvalue weighted by molar-refractivity contribution is 5.85. The van der Waals surface area contributed by atoms with E-state index in [0.29, 0.717) is 6.42 Å². The Balaban J connectivity index is 3.18. The van der Waals surface area contributed by atoms with Crippen LogP contribution in [0.1, 0.15) is 84.0 Å². The van der Waals surface area contributed by atoms with Crippen molar-refractivity contribution in [3.05, 3.63) is 24.3 Å². The van der Waals surface area contributed by atoms with Gasteiger partial charge in [-0.05, 0) is 19.3 Å². The fourth-order valence-electron chi connectivity index (χ4n) is 2.18. The average Bonchev–Trinajstić information content (AvgIpc) is 2.43. The number of hydrogen-bond acceptors (Lipinski definition) is 1. The molecule has 0 aliphatic rings. The Hall–Kier alpha value is -1.05. The summed E-state index contributed by atoms with van der Waals surface area (Å²) < 4.78 is 0. The molecule has 20 heavy (non-hydrogen) atoms. The zero-order chi connectivity index (χ0) is 15.1. The van der Waals surface area contributed by atoms with Crippen molar-refractivity contribution in [1.29, 1.82) is 0 Å². The van der Waals surface area contributed by atoms with E-state index in [1.807, 2.05) is 6.08 Å². The van der Waals surface area contributed by atoms with Crippen LogP contribution in [-0.4, -0.2) is 11.1 Å². The van der Waals surface area contributed by atoms with Crippen LogP contribution >= 0.6 is 0 Å². The smallest absolute Gasteiger partial charge is 0.331 e. The van der Waals surface area contributed by atoms with Gasteiger partial charge in [-0.1, -0.05) is 83.4 Å². The van der Waals surface area contributed by atoms with Gasteiger partial charge in [0.25, 0.3) is 0 Å². The third-order valence-corrected chi connectivity index (χ3v) is 3.56. The van der Waals surface area contributed by atoms with Crippen molar-refractivity contribution < 1.29 is 9.90 Å². The molecule has 0 saturated heterocycles. The van der Waals surface area contributed by atoms with Gasteiger partial charge < -0.3 is 5.11 Å². The van der Waals surface area contributed by atoms with Crippen molar-refractivity contribution in [3.8, 4) is 0 Å². The number of unbranched alkanes of at least 4 members (excludes halogenated alkanes) is 10. The van der Waals surface area contributed by atoms with E-state index in [9.17, 15) is 4.79 Å². The number of hydrogen-bond donors (Lipinski definition) is 1. The van der Waals surface area contributed by atoms with Crippen molar-refractivity contribution >= 4 is 5.97 Å². The number of carboxylic acid groups (broad SMARTS) is 1. The number of allylic oxidation sites excluding steroid dienone is 2. The van der Waals surface area contributed by atoms with Crippen LogP contribution in [-0.2, 0) is 4.79 Å². The van der Waals surface area contributed by atoms with Crippen LogP contribution in [0.5, 0.6) is 0 Å². The van der Waals surface area contributed by atoms with Gasteiger partial charge >= 0.3 is 5.97 Å². The van der Waals surface area contributed by atoms with E-state index in [2.05, 4.69) is 19.6 Å². The predicted octanol–water partition coefficient (Wildman–Crippen LogP) is 5.88. The molecule has 2 heteroatoms. The van der Waals surface area contributed by atoms with Crippen molar-refractivity contribution in [3.63, 3.8) is 0 Å². The van der Waals surface area contributed by atoms with Crippen molar-refractivity contribution in [2.45, 2.75) is 84.0 Å². The zero-order valence-electron chi connectivity index (χ0n) is 13.2. The lowest BCUT2D eigenvalue weighted by atomic mass is 10.1. The molecule has 0 atom stereocenters. The Labute approximate surface area is 125 Å². The lowest BCUT2D eigenvalue weighted by molar-refractivity contribution is -0.132. The van der Waals surface area contributed by atoms with E-state index >= 15 is 0 Å². The Kier molecular flexibility index (Phi) is 13.6. The first-order valence-corrected chi connectivity index (χ1v) is 8.24. The number of aliphatic carboxylic acids is 1. The molecule has 1 N–H and O–H groups in total. The minimum atomic E-state index is -0.895. The van der Waals surface area contributed by atoms with E-state index in [1.165, 1.54) is 64.2 Å². The number of carbonyl (C=O) groups is 1. The second-order valence-corrected chi connectivity index (χ2v) is 5.55. The maximum atomic E-state index is 10.5. The van der Waals surface area contributed by atoms with E-state index in [1.54, 1.807) is 0 Å². The van der Waals surface area contributed by atoms with Gasteiger partial charge in [0.2, 0.25) is 0 Å². The first-order chi connectivity index (χ1) is 9.68. The van der Waals surface area contributed by atoms with Gasteiger partial charge in [-0.3, -0.25) is 0 Å². The number of rotatable bonds is 14. The summed E-state index contributed by atoms with van der Waals surface area (Å²) in [6.45, 7) is 5.75. The lowest BCUT2D eigenvalue weighted by Gasteiger charge is -2.01. The van der Waals surface area contributed by atoms with Gasteiger partial charge in [-0.25, -0.2) is 4.79 Å². The molecule has 0 aromatic carbocycles. The van der Waals surface area contributed by atoms with Gasteiger partial charge in [-0.2, -0.15) is 0 Å². The summed E-state index contributed by atoms with van der Waals surface area (Å²) in [6.07, 6.45) is 19.1. The standard InChI is InChI=1S/C18H32O2/c1-3-4-5-6-7-8-9-10-11-12-13-14-15-16-17(2)18(19)20/h14-15H,2-13,16H2,1H3,(H,19,20). The summed E-state index contributed by atoms with van der Waals surface area (Å²) in [5.74, 6) is -0.895. The monoisotopic (exact) mass is 280 g/mol. The molecule has 0 unspecified atom stereocenters. The van der Waals surface area contributed by atoms with E-state index < -0.39 is 5.97 Å². The van der Waals surface area contributed by atoms with Crippen LogP contribution < -0.4 is 0 Å². The van der Waals surface area contributed by atoms with Crippen LogP contribution in [0.3, 0.4) is 0 Å². The first kappa shape index (κ1) is 18.9. The first-order valence-electron chi connectivity index (χ1n) is 8.24. The van der Waals surface area contributed by atoms with Gasteiger partial charge in [0.15, 0.2) is 0 Å². The second kappa shape index (κ2) is 14.4. The highest BCUT2D eigenvalue weighted by Gasteiger charge is 1.99. The molecular formula is C18H32O2.